The van der Waals surface area contributed by atoms with Gasteiger partial charge in [-0.15, -0.1) is 0 Å². The molecule has 1 aliphatic heterocycles. The summed E-state index contributed by atoms with van der Waals surface area (Å²) in [6.45, 7) is 14.2. The quantitative estimate of drug-likeness (QED) is 0.820. The summed E-state index contributed by atoms with van der Waals surface area (Å²) in [5.41, 5.74) is 0.805. The second kappa shape index (κ2) is 6.87. The maximum atomic E-state index is 13.2. The van der Waals surface area contributed by atoms with E-state index in [-0.39, 0.29) is 11.6 Å². The third kappa shape index (κ3) is 3.83. The minimum Gasteiger partial charge on any atom is -0.462 e. The molecule has 0 saturated carbocycles. The Morgan fingerprint density at radius 3 is 2.50 bits per heavy atom. The van der Waals surface area contributed by atoms with Crippen LogP contribution in [0.1, 0.15) is 72.8 Å². The molecular weight excluding hydrogens is 298 g/mol. The number of rotatable bonds is 4. The maximum absolute atomic E-state index is 13.2. The summed E-state index contributed by atoms with van der Waals surface area (Å²) < 4.78 is 15.0. The van der Waals surface area contributed by atoms with E-state index in [1.54, 1.807) is 0 Å². The molecule has 1 aromatic rings. The van der Waals surface area contributed by atoms with Crippen LogP contribution < -0.4 is 5.32 Å². The third-order valence-electron chi connectivity index (χ3n) is 5.42. The van der Waals surface area contributed by atoms with Gasteiger partial charge in [0.2, 0.25) is 0 Å². The lowest BCUT2D eigenvalue weighted by Gasteiger charge is -2.51. The van der Waals surface area contributed by atoms with Crippen LogP contribution in [0.2, 0.25) is 0 Å². The molecule has 1 N–H and O–H groups in total. The van der Waals surface area contributed by atoms with Crippen molar-refractivity contribution in [2.24, 2.45) is 5.92 Å². The van der Waals surface area contributed by atoms with Gasteiger partial charge < -0.3 is 10.1 Å². The first kappa shape index (κ1) is 17.5. The number of benzene rings is 1. The summed E-state index contributed by atoms with van der Waals surface area (Å²) in [7, 11) is 0. The molecule has 0 spiro atoms. The van der Waals surface area contributed by atoms with E-state index in [2.05, 4.69) is 26.1 Å². The molecule has 134 valence electrons. The number of esters is 1. The summed E-state index contributed by atoms with van der Waals surface area (Å²) in [4.78, 5) is 13.2. The van der Waals surface area contributed by atoms with Gasteiger partial charge in [-0.2, -0.15) is 0 Å². The zero-order valence-electron chi connectivity index (χ0n) is 17.2. The van der Waals surface area contributed by atoms with E-state index >= 15 is 0 Å². The average Bonchev–Trinajstić information content (AvgIpc) is 2.50. The normalized spacial score (nSPS) is 29.7. The van der Waals surface area contributed by atoms with E-state index in [0.29, 0.717) is 5.92 Å². The smallest absolute Gasteiger partial charge is 0.315 e. The lowest BCUT2D eigenvalue weighted by molar-refractivity contribution is -0.152. The van der Waals surface area contributed by atoms with Crippen molar-refractivity contribution in [3.63, 3.8) is 0 Å². The molecule has 24 heavy (non-hydrogen) atoms. The predicted molar refractivity (Wildman–Crippen MR) is 99.2 cm³/mol. The van der Waals surface area contributed by atoms with Gasteiger partial charge in [0.1, 0.15) is 0 Å². The number of carbonyl (C=O) groups is 1. The van der Waals surface area contributed by atoms with Crippen molar-refractivity contribution in [1.82, 2.24) is 5.32 Å². The van der Waals surface area contributed by atoms with Crippen LogP contribution in [0, 0.1) is 12.8 Å². The zero-order valence-corrected chi connectivity index (χ0v) is 16.2. The van der Waals surface area contributed by atoms with Crippen molar-refractivity contribution in [2.45, 2.75) is 84.4 Å². The van der Waals surface area contributed by atoms with Crippen LogP contribution in [0.25, 0.3) is 0 Å². The molecule has 3 heteroatoms. The first-order valence-corrected chi connectivity index (χ1v) is 9.00. The average molecular weight is 333 g/mol. The van der Waals surface area contributed by atoms with Crippen molar-refractivity contribution in [3.8, 4) is 0 Å². The Labute approximate surface area is 148 Å². The summed E-state index contributed by atoms with van der Waals surface area (Å²) in [5.74, 6) is -1.50. The van der Waals surface area contributed by atoms with Crippen LogP contribution in [0.4, 0.5) is 0 Å². The Balaban J connectivity index is 2.59. The van der Waals surface area contributed by atoms with Crippen LogP contribution in [0.5, 0.6) is 0 Å². The highest BCUT2D eigenvalue weighted by Gasteiger charge is 2.48. The molecule has 3 nitrogen and oxygen atoms in total. The molecule has 1 unspecified atom stereocenters. The summed E-state index contributed by atoms with van der Waals surface area (Å²) in [6, 6.07) is 7.69. The topological polar surface area (TPSA) is 38.3 Å². The Morgan fingerprint density at radius 2 is 1.96 bits per heavy atom. The van der Waals surface area contributed by atoms with Crippen LogP contribution in [0.3, 0.4) is 0 Å². The van der Waals surface area contributed by atoms with Gasteiger partial charge in [0.15, 0.2) is 0 Å². The number of nitrogens with one attached hydrogen (secondary N) is 1. The fourth-order valence-electron chi connectivity index (χ4n) is 3.71. The molecule has 0 aliphatic carbocycles. The van der Waals surface area contributed by atoms with E-state index in [4.69, 9.17) is 4.74 Å². The number of hydrogen-bond donors (Lipinski definition) is 1. The maximum Gasteiger partial charge on any atom is 0.315 e. The molecule has 1 fully saturated rings. The third-order valence-corrected chi connectivity index (χ3v) is 5.42. The summed E-state index contributed by atoms with van der Waals surface area (Å²) in [6.07, 6.45) is 1.47. The van der Waals surface area contributed by atoms with E-state index in [9.17, 15) is 6.17 Å². The van der Waals surface area contributed by atoms with Gasteiger partial charge in [-0.25, -0.2) is 0 Å². The monoisotopic (exact) mass is 332 g/mol. The predicted octanol–water partition coefficient (Wildman–Crippen LogP) is 4.59. The van der Waals surface area contributed by atoms with E-state index < -0.39 is 17.4 Å². The standard InChI is InChI=1S/C21H33NO2/c1-14(2)24-19(23)18(17-11-9-8-10-15(17)3)21(7)13-12-16(4)20(5,6)22-21/h8-11,14,16,18,22H,12-13H2,1-7H3/t16?,18-,21+/m0/s1/i18D. The fraction of sp³-hybridized carbons (Fsp3) is 0.667. The van der Waals surface area contributed by atoms with Gasteiger partial charge in [-0.1, -0.05) is 31.2 Å². The highest BCUT2D eigenvalue weighted by molar-refractivity contribution is 5.81. The largest absolute Gasteiger partial charge is 0.462 e. The minimum absolute atomic E-state index is 0.153. The first-order chi connectivity index (χ1) is 11.4. The second-order valence-electron chi connectivity index (χ2n) is 8.26. The molecule has 1 saturated heterocycles. The molecule has 1 aliphatic rings. The van der Waals surface area contributed by atoms with Crippen LogP contribution >= 0.6 is 0 Å². The molecule has 2 rings (SSSR count). The van der Waals surface area contributed by atoms with Crippen molar-refractivity contribution in [3.05, 3.63) is 35.4 Å². The number of piperidine rings is 1. The highest BCUT2D eigenvalue weighted by Crippen LogP contribution is 2.42. The number of carbonyl (C=O) groups excluding carboxylic acids is 1. The van der Waals surface area contributed by atoms with Gasteiger partial charge >= 0.3 is 5.97 Å². The Kier molecular flexibility index (Phi) is 5.00. The van der Waals surface area contributed by atoms with Crippen LogP contribution in [-0.4, -0.2) is 23.2 Å². The Bertz CT molecular complexity index is 643. The molecule has 0 radical (unpaired) electrons. The summed E-state index contributed by atoms with van der Waals surface area (Å²) in [5, 5.41) is 3.65. The van der Waals surface area contributed by atoms with Gasteiger partial charge in [0.25, 0.3) is 0 Å². The van der Waals surface area contributed by atoms with Gasteiger partial charge in [0, 0.05) is 12.4 Å². The van der Waals surface area contributed by atoms with E-state index in [1.165, 1.54) is 0 Å². The SMILES string of the molecule is [2H][C@@](C(=O)OC(C)C)(c1ccccc1C)[C@@]1(C)CCC(C)C(C)(C)N1. The van der Waals surface area contributed by atoms with E-state index in [1.807, 2.05) is 52.0 Å². The van der Waals surface area contributed by atoms with Crippen molar-refractivity contribution < 1.29 is 10.9 Å². The molecular formula is C21H33NO2. The number of ether oxygens (including phenoxy) is 1. The molecule has 0 bridgehead atoms. The lowest BCUT2D eigenvalue weighted by atomic mass is 9.68. The van der Waals surface area contributed by atoms with Crippen molar-refractivity contribution in [1.29, 1.82) is 0 Å². The first-order valence-electron chi connectivity index (χ1n) is 9.50. The van der Waals surface area contributed by atoms with Crippen molar-refractivity contribution >= 4 is 5.97 Å². The molecule has 3 atom stereocenters. The van der Waals surface area contributed by atoms with Gasteiger partial charge in [0.05, 0.1) is 12.0 Å². The highest BCUT2D eigenvalue weighted by atomic mass is 16.5. The number of hydrogen-bond acceptors (Lipinski definition) is 3. The van der Waals surface area contributed by atoms with Crippen LogP contribution in [0.15, 0.2) is 24.3 Å². The van der Waals surface area contributed by atoms with Crippen molar-refractivity contribution in [2.75, 3.05) is 0 Å². The summed E-state index contributed by atoms with van der Waals surface area (Å²) >= 11 is 0. The van der Waals surface area contributed by atoms with Gasteiger partial charge in [-0.05, 0) is 71.4 Å². The van der Waals surface area contributed by atoms with E-state index in [0.717, 1.165) is 24.0 Å². The molecule has 0 aromatic heterocycles. The molecule has 1 aromatic carbocycles. The van der Waals surface area contributed by atoms with Gasteiger partial charge in [-0.3, -0.25) is 4.79 Å². The Hall–Kier alpha value is -1.35. The number of aryl methyl sites for hydroxylation is 1. The lowest BCUT2D eigenvalue weighted by Crippen LogP contribution is -2.64. The minimum atomic E-state index is -1.50. The molecule has 1 heterocycles. The second-order valence-corrected chi connectivity index (χ2v) is 8.26. The van der Waals surface area contributed by atoms with Crippen LogP contribution in [-0.2, 0) is 9.53 Å². The molecule has 0 amide bonds. The zero-order chi connectivity index (χ0) is 19.0. The fourth-order valence-corrected chi connectivity index (χ4v) is 3.71. The Morgan fingerprint density at radius 1 is 1.33 bits per heavy atom.